The molecule has 1 heterocycles. The van der Waals surface area contributed by atoms with Gasteiger partial charge in [0.15, 0.2) is 0 Å². The maximum Gasteiger partial charge on any atom is 0.125 e. The van der Waals surface area contributed by atoms with Crippen molar-refractivity contribution in [3.05, 3.63) is 58.1 Å². The molecule has 94 valence electrons. The molecule has 2 rings (SSSR count). The summed E-state index contributed by atoms with van der Waals surface area (Å²) in [7, 11) is 1.47. The molecule has 0 saturated heterocycles. The normalized spacial score (nSPS) is 12.2. The van der Waals surface area contributed by atoms with Crippen molar-refractivity contribution < 1.29 is 14.2 Å². The summed E-state index contributed by atoms with van der Waals surface area (Å²) in [5.74, 6) is -0.00409. The first kappa shape index (κ1) is 13.0. The van der Waals surface area contributed by atoms with Gasteiger partial charge in [-0.05, 0) is 46.3 Å². The summed E-state index contributed by atoms with van der Waals surface area (Å²) in [6.07, 6.45) is 0.549. The first-order valence-corrected chi connectivity index (χ1v) is 6.04. The van der Waals surface area contributed by atoms with Crippen LogP contribution in [0.25, 0.3) is 0 Å². The third kappa shape index (κ3) is 2.68. The predicted molar refractivity (Wildman–Crippen MR) is 69.0 cm³/mol. The summed E-state index contributed by atoms with van der Waals surface area (Å²) < 4.78 is 19.1. The van der Waals surface area contributed by atoms with Crippen LogP contribution in [0.2, 0.25) is 0 Å². The van der Waals surface area contributed by atoms with Crippen molar-refractivity contribution in [2.75, 3.05) is 7.11 Å². The van der Waals surface area contributed by atoms with Crippen molar-refractivity contribution >= 4 is 15.9 Å². The van der Waals surface area contributed by atoms with Gasteiger partial charge in [0.25, 0.3) is 0 Å². The molecule has 0 aliphatic heterocycles. The second-order valence-corrected chi connectivity index (χ2v) is 4.61. The van der Waals surface area contributed by atoms with Gasteiger partial charge < -0.3 is 9.84 Å². The van der Waals surface area contributed by atoms with Crippen molar-refractivity contribution in [1.29, 1.82) is 0 Å². The lowest BCUT2D eigenvalue weighted by Crippen LogP contribution is -2.04. The van der Waals surface area contributed by atoms with E-state index in [2.05, 4.69) is 20.9 Å². The molecule has 0 amide bonds. The molecule has 0 fully saturated rings. The summed E-state index contributed by atoms with van der Waals surface area (Å²) in [4.78, 5) is 4.08. The van der Waals surface area contributed by atoms with Crippen LogP contribution in [0, 0.1) is 5.82 Å². The number of benzene rings is 1. The van der Waals surface area contributed by atoms with E-state index in [1.54, 1.807) is 18.3 Å². The van der Waals surface area contributed by atoms with E-state index in [9.17, 15) is 9.50 Å². The number of pyridine rings is 1. The van der Waals surface area contributed by atoms with Gasteiger partial charge in [0.2, 0.25) is 0 Å². The number of hydrogen-bond donors (Lipinski definition) is 1. The molecule has 0 aliphatic carbocycles. The molecule has 0 saturated carbocycles. The molecule has 3 nitrogen and oxygen atoms in total. The van der Waals surface area contributed by atoms with Crippen LogP contribution in [-0.2, 0) is 0 Å². The predicted octanol–water partition coefficient (Wildman–Crippen LogP) is 3.07. The summed E-state index contributed by atoms with van der Waals surface area (Å²) in [5.41, 5.74) is 0.787. The summed E-state index contributed by atoms with van der Waals surface area (Å²) in [6.45, 7) is 0. The van der Waals surface area contributed by atoms with Gasteiger partial charge >= 0.3 is 0 Å². The van der Waals surface area contributed by atoms with E-state index >= 15 is 0 Å². The van der Waals surface area contributed by atoms with E-state index in [1.807, 2.05) is 0 Å². The SMILES string of the molecule is COc1ccc(F)cc1C(O)c1ccc(Br)cn1. The lowest BCUT2D eigenvalue weighted by molar-refractivity contribution is 0.209. The summed E-state index contributed by atoms with van der Waals surface area (Å²) in [6, 6.07) is 7.43. The topological polar surface area (TPSA) is 42.4 Å². The molecule has 1 N–H and O–H groups in total. The first-order chi connectivity index (χ1) is 8.61. The number of aliphatic hydroxyl groups is 1. The molecule has 0 radical (unpaired) electrons. The zero-order valence-electron chi connectivity index (χ0n) is 9.60. The number of nitrogens with zero attached hydrogens (tertiary/aromatic N) is 1. The Labute approximate surface area is 112 Å². The lowest BCUT2D eigenvalue weighted by atomic mass is 10.0. The molecule has 1 aromatic carbocycles. The fraction of sp³-hybridized carbons (Fsp3) is 0.154. The second kappa shape index (κ2) is 5.46. The van der Waals surface area contributed by atoms with Crippen LogP contribution in [-0.4, -0.2) is 17.2 Å². The van der Waals surface area contributed by atoms with Gasteiger partial charge in [-0.25, -0.2) is 4.39 Å². The fourth-order valence-corrected chi connectivity index (χ4v) is 1.86. The van der Waals surface area contributed by atoms with Gasteiger partial charge in [-0.2, -0.15) is 0 Å². The van der Waals surface area contributed by atoms with Crippen molar-refractivity contribution in [2.24, 2.45) is 0 Å². The number of rotatable bonds is 3. The Balaban J connectivity index is 2.41. The lowest BCUT2D eigenvalue weighted by Gasteiger charge is -2.14. The van der Waals surface area contributed by atoms with Crippen LogP contribution < -0.4 is 4.74 Å². The zero-order valence-corrected chi connectivity index (χ0v) is 11.2. The average molecular weight is 312 g/mol. The van der Waals surface area contributed by atoms with Gasteiger partial charge in [-0.1, -0.05) is 0 Å². The zero-order chi connectivity index (χ0) is 13.1. The number of aliphatic hydroxyl groups excluding tert-OH is 1. The van der Waals surface area contributed by atoms with Gasteiger partial charge in [-0.15, -0.1) is 0 Å². The molecular formula is C13H11BrFNO2. The Bertz CT molecular complexity index is 545. The monoisotopic (exact) mass is 311 g/mol. The van der Waals surface area contributed by atoms with Crippen LogP contribution in [0.1, 0.15) is 17.4 Å². The molecule has 0 bridgehead atoms. The highest BCUT2D eigenvalue weighted by Gasteiger charge is 2.17. The standard InChI is InChI=1S/C13H11BrFNO2/c1-18-12-5-3-9(15)6-10(12)13(17)11-4-2-8(14)7-16-11/h2-7,13,17H,1H3. The minimum atomic E-state index is -1.02. The van der Waals surface area contributed by atoms with E-state index in [-0.39, 0.29) is 0 Å². The number of methoxy groups -OCH3 is 1. The second-order valence-electron chi connectivity index (χ2n) is 3.69. The number of hydrogen-bond acceptors (Lipinski definition) is 3. The van der Waals surface area contributed by atoms with Crippen LogP contribution in [0.15, 0.2) is 41.0 Å². The Morgan fingerprint density at radius 2 is 2.11 bits per heavy atom. The van der Waals surface area contributed by atoms with Crippen LogP contribution in [0.3, 0.4) is 0 Å². The van der Waals surface area contributed by atoms with E-state index in [4.69, 9.17) is 4.74 Å². The van der Waals surface area contributed by atoms with Gasteiger partial charge in [0.1, 0.15) is 17.7 Å². The molecule has 5 heteroatoms. The maximum atomic E-state index is 13.2. The van der Waals surface area contributed by atoms with Crippen molar-refractivity contribution in [3.8, 4) is 5.75 Å². The molecule has 18 heavy (non-hydrogen) atoms. The molecule has 0 aliphatic rings. The Hall–Kier alpha value is -1.46. The highest BCUT2D eigenvalue weighted by molar-refractivity contribution is 9.10. The van der Waals surface area contributed by atoms with E-state index < -0.39 is 11.9 Å². The highest BCUT2D eigenvalue weighted by Crippen LogP contribution is 2.29. The minimum absolute atomic E-state index is 0.354. The number of ether oxygens (including phenoxy) is 1. The molecule has 1 aromatic heterocycles. The summed E-state index contributed by atoms with van der Waals surface area (Å²) in [5, 5.41) is 10.2. The third-order valence-electron chi connectivity index (χ3n) is 2.52. The quantitative estimate of drug-likeness (QED) is 0.947. The fourth-order valence-electron chi connectivity index (χ4n) is 1.63. The smallest absolute Gasteiger partial charge is 0.125 e. The average Bonchev–Trinajstić information content (AvgIpc) is 2.39. The molecule has 1 atom stereocenters. The number of halogens is 2. The first-order valence-electron chi connectivity index (χ1n) is 5.25. The molecule has 0 spiro atoms. The van der Waals surface area contributed by atoms with Gasteiger partial charge in [0.05, 0.1) is 12.8 Å². The van der Waals surface area contributed by atoms with E-state index in [0.29, 0.717) is 17.0 Å². The Morgan fingerprint density at radius 1 is 1.33 bits per heavy atom. The van der Waals surface area contributed by atoms with Gasteiger partial charge in [-0.3, -0.25) is 4.98 Å². The molecule has 2 aromatic rings. The van der Waals surface area contributed by atoms with Crippen LogP contribution in [0.4, 0.5) is 4.39 Å². The highest BCUT2D eigenvalue weighted by atomic mass is 79.9. The molecule has 1 unspecified atom stereocenters. The van der Waals surface area contributed by atoms with E-state index in [1.165, 1.54) is 25.3 Å². The van der Waals surface area contributed by atoms with E-state index in [0.717, 1.165) is 4.47 Å². The maximum absolute atomic E-state index is 13.2. The number of aromatic nitrogens is 1. The Kier molecular flexibility index (Phi) is 3.93. The minimum Gasteiger partial charge on any atom is -0.496 e. The van der Waals surface area contributed by atoms with Crippen LogP contribution >= 0.6 is 15.9 Å². The molecular weight excluding hydrogens is 301 g/mol. The van der Waals surface area contributed by atoms with Crippen molar-refractivity contribution in [3.63, 3.8) is 0 Å². The van der Waals surface area contributed by atoms with Crippen LogP contribution in [0.5, 0.6) is 5.75 Å². The van der Waals surface area contributed by atoms with Gasteiger partial charge in [0, 0.05) is 16.2 Å². The van der Waals surface area contributed by atoms with Crippen molar-refractivity contribution in [1.82, 2.24) is 4.98 Å². The van der Waals surface area contributed by atoms with Crippen molar-refractivity contribution in [2.45, 2.75) is 6.10 Å². The largest absolute Gasteiger partial charge is 0.496 e. The Morgan fingerprint density at radius 3 is 2.72 bits per heavy atom. The summed E-state index contributed by atoms with van der Waals surface area (Å²) >= 11 is 3.26. The third-order valence-corrected chi connectivity index (χ3v) is 2.99.